The maximum absolute atomic E-state index is 10.4. The lowest BCUT2D eigenvalue weighted by Crippen LogP contribution is -2.05. The van der Waals surface area contributed by atoms with Gasteiger partial charge >= 0.3 is 5.97 Å². The van der Waals surface area contributed by atoms with Crippen molar-refractivity contribution in [2.75, 3.05) is 0 Å². The minimum absolute atomic E-state index is 0.485. The van der Waals surface area contributed by atoms with Crippen LogP contribution in [0.15, 0.2) is 12.2 Å². The molecule has 0 fully saturated rings. The molecule has 64 valence electrons. The van der Waals surface area contributed by atoms with Gasteiger partial charge in [-0.3, -0.25) is 0 Å². The topological polar surface area (TPSA) is 52.3 Å². The first-order chi connectivity index (χ1) is 5.31. The number of unbranched alkanes of at least 4 members (excludes halogenated alkanes) is 3. The van der Waals surface area contributed by atoms with Crippen molar-refractivity contribution in [3.8, 4) is 0 Å². The van der Waals surface area contributed by atoms with Crippen LogP contribution in [0.5, 0.6) is 0 Å². The fraction of sp³-hybridized carbons (Fsp3) is 0.625. The summed E-state index contributed by atoms with van der Waals surface area (Å²) in [5.74, 6) is 4.13. The van der Waals surface area contributed by atoms with E-state index >= 15 is 0 Å². The number of allylic oxidation sites excluding steroid dienone is 1. The molecule has 0 bridgehead atoms. The van der Waals surface area contributed by atoms with Crippen LogP contribution in [-0.2, 0) is 9.63 Å². The van der Waals surface area contributed by atoms with Crippen LogP contribution in [0.1, 0.15) is 32.6 Å². The predicted molar refractivity (Wildman–Crippen MR) is 43.6 cm³/mol. The first-order valence-corrected chi connectivity index (χ1v) is 3.88. The zero-order valence-electron chi connectivity index (χ0n) is 6.88. The lowest BCUT2D eigenvalue weighted by atomic mass is 10.2. The van der Waals surface area contributed by atoms with E-state index in [1.54, 1.807) is 6.08 Å². The fourth-order valence-electron chi connectivity index (χ4n) is 0.731. The number of hydrogen-bond acceptors (Lipinski definition) is 3. The Labute approximate surface area is 67.2 Å². The van der Waals surface area contributed by atoms with E-state index in [-0.39, 0.29) is 0 Å². The third-order valence-electron chi connectivity index (χ3n) is 1.34. The van der Waals surface area contributed by atoms with Gasteiger partial charge in [0.1, 0.15) is 0 Å². The van der Waals surface area contributed by atoms with Gasteiger partial charge in [-0.15, -0.1) is 0 Å². The van der Waals surface area contributed by atoms with Crippen LogP contribution in [0.4, 0.5) is 0 Å². The van der Waals surface area contributed by atoms with Crippen molar-refractivity contribution in [1.29, 1.82) is 0 Å². The summed E-state index contributed by atoms with van der Waals surface area (Å²) in [6.07, 6.45) is 7.56. The molecular weight excluding hydrogens is 142 g/mol. The molecular formula is C8H15NO2. The van der Waals surface area contributed by atoms with E-state index in [1.165, 1.54) is 18.9 Å². The quantitative estimate of drug-likeness (QED) is 0.374. The third kappa shape index (κ3) is 7.06. The van der Waals surface area contributed by atoms with Crippen molar-refractivity contribution in [2.24, 2.45) is 5.90 Å². The van der Waals surface area contributed by atoms with E-state index in [0.717, 1.165) is 12.8 Å². The van der Waals surface area contributed by atoms with Crippen molar-refractivity contribution in [2.45, 2.75) is 32.6 Å². The molecule has 3 heteroatoms. The first-order valence-electron chi connectivity index (χ1n) is 3.88. The molecule has 0 aromatic carbocycles. The zero-order valence-corrected chi connectivity index (χ0v) is 6.88. The lowest BCUT2D eigenvalue weighted by Gasteiger charge is -1.91. The molecule has 0 saturated carbocycles. The molecule has 3 nitrogen and oxygen atoms in total. The number of carbonyl (C=O) groups excluding carboxylic acids is 1. The summed E-state index contributed by atoms with van der Waals surface area (Å²) in [7, 11) is 0. The SMILES string of the molecule is CCCCC/C=C/C(=O)ON. The number of nitrogens with two attached hydrogens (primary N) is 1. The highest BCUT2D eigenvalue weighted by atomic mass is 16.7. The third-order valence-corrected chi connectivity index (χ3v) is 1.34. The maximum Gasteiger partial charge on any atom is 0.348 e. The molecule has 0 heterocycles. The first kappa shape index (κ1) is 10.2. The van der Waals surface area contributed by atoms with E-state index in [9.17, 15) is 4.79 Å². The Morgan fingerprint density at radius 2 is 2.27 bits per heavy atom. The summed E-state index contributed by atoms with van der Waals surface area (Å²) in [6.45, 7) is 2.14. The average Bonchev–Trinajstić information content (AvgIpc) is 2.04. The fourth-order valence-corrected chi connectivity index (χ4v) is 0.731. The van der Waals surface area contributed by atoms with Crippen LogP contribution in [-0.4, -0.2) is 5.97 Å². The molecule has 0 aromatic rings. The Hall–Kier alpha value is -0.830. The van der Waals surface area contributed by atoms with Crippen LogP contribution in [0.25, 0.3) is 0 Å². The molecule has 0 aliphatic carbocycles. The highest BCUT2D eigenvalue weighted by molar-refractivity contribution is 5.81. The Morgan fingerprint density at radius 1 is 1.55 bits per heavy atom. The molecule has 0 aliphatic rings. The van der Waals surface area contributed by atoms with Crippen LogP contribution < -0.4 is 5.90 Å². The normalized spacial score (nSPS) is 10.4. The average molecular weight is 157 g/mol. The number of carbonyl (C=O) groups is 1. The van der Waals surface area contributed by atoms with Crippen molar-refractivity contribution in [3.63, 3.8) is 0 Å². The summed E-state index contributed by atoms with van der Waals surface area (Å²) in [6, 6.07) is 0. The summed E-state index contributed by atoms with van der Waals surface area (Å²) in [5, 5.41) is 0. The Kier molecular flexibility index (Phi) is 6.73. The van der Waals surface area contributed by atoms with Gasteiger partial charge in [0.05, 0.1) is 0 Å². The van der Waals surface area contributed by atoms with E-state index in [2.05, 4.69) is 17.7 Å². The van der Waals surface area contributed by atoms with Gasteiger partial charge in [-0.1, -0.05) is 25.8 Å². The number of rotatable bonds is 5. The highest BCUT2D eigenvalue weighted by Crippen LogP contribution is 1.99. The summed E-state index contributed by atoms with van der Waals surface area (Å²) < 4.78 is 0. The van der Waals surface area contributed by atoms with Crippen LogP contribution >= 0.6 is 0 Å². The predicted octanol–water partition coefficient (Wildman–Crippen LogP) is 1.54. The standard InChI is InChI=1S/C8H15NO2/c1-2-3-4-5-6-7-8(10)11-9/h6-7H,2-5,9H2,1H3/b7-6+. The van der Waals surface area contributed by atoms with Crippen molar-refractivity contribution in [3.05, 3.63) is 12.2 Å². The molecule has 0 radical (unpaired) electrons. The monoisotopic (exact) mass is 157 g/mol. The maximum atomic E-state index is 10.4. The molecule has 0 aromatic heterocycles. The van der Waals surface area contributed by atoms with Crippen molar-refractivity contribution < 1.29 is 9.63 Å². The summed E-state index contributed by atoms with van der Waals surface area (Å²) in [4.78, 5) is 14.3. The van der Waals surface area contributed by atoms with E-state index in [4.69, 9.17) is 0 Å². The lowest BCUT2D eigenvalue weighted by molar-refractivity contribution is -0.138. The molecule has 2 N–H and O–H groups in total. The van der Waals surface area contributed by atoms with Crippen LogP contribution in [0, 0.1) is 0 Å². The minimum Gasteiger partial charge on any atom is -0.370 e. The van der Waals surface area contributed by atoms with Gasteiger partial charge in [0.25, 0.3) is 0 Å². The summed E-state index contributed by atoms with van der Waals surface area (Å²) in [5.41, 5.74) is 0. The van der Waals surface area contributed by atoms with Crippen molar-refractivity contribution in [1.82, 2.24) is 0 Å². The Morgan fingerprint density at radius 3 is 2.82 bits per heavy atom. The van der Waals surface area contributed by atoms with E-state index in [1.807, 2.05) is 0 Å². The molecule has 0 spiro atoms. The molecule has 0 aliphatic heterocycles. The van der Waals surface area contributed by atoms with Gasteiger partial charge in [-0.05, 0) is 12.8 Å². The van der Waals surface area contributed by atoms with Crippen LogP contribution in [0.2, 0.25) is 0 Å². The highest BCUT2D eigenvalue weighted by Gasteiger charge is 1.89. The largest absolute Gasteiger partial charge is 0.370 e. The van der Waals surface area contributed by atoms with Gasteiger partial charge in [-0.2, -0.15) is 5.90 Å². The second kappa shape index (κ2) is 7.28. The van der Waals surface area contributed by atoms with Gasteiger partial charge in [0.2, 0.25) is 0 Å². The minimum atomic E-state index is -0.485. The van der Waals surface area contributed by atoms with Gasteiger partial charge in [-0.25, -0.2) is 4.79 Å². The Balaban J connectivity index is 3.22. The summed E-state index contributed by atoms with van der Waals surface area (Å²) >= 11 is 0. The molecule has 11 heavy (non-hydrogen) atoms. The zero-order chi connectivity index (χ0) is 8.53. The second-order valence-electron chi connectivity index (χ2n) is 2.34. The van der Waals surface area contributed by atoms with E-state index < -0.39 is 5.97 Å². The van der Waals surface area contributed by atoms with Crippen LogP contribution in [0.3, 0.4) is 0 Å². The smallest absolute Gasteiger partial charge is 0.348 e. The molecule has 0 rings (SSSR count). The second-order valence-corrected chi connectivity index (χ2v) is 2.34. The number of hydrogen-bond donors (Lipinski definition) is 1. The molecule has 0 amide bonds. The van der Waals surface area contributed by atoms with Gasteiger partial charge in [0.15, 0.2) is 0 Å². The van der Waals surface area contributed by atoms with Gasteiger partial charge < -0.3 is 4.84 Å². The van der Waals surface area contributed by atoms with Crippen molar-refractivity contribution >= 4 is 5.97 Å². The van der Waals surface area contributed by atoms with Gasteiger partial charge in [0, 0.05) is 6.08 Å². The molecule has 0 atom stereocenters. The molecule has 0 saturated heterocycles. The van der Waals surface area contributed by atoms with E-state index in [0.29, 0.717) is 0 Å². The Bertz CT molecular complexity index is 132. The molecule has 0 unspecified atom stereocenters.